The molecule has 0 bridgehead atoms. The Morgan fingerprint density at radius 3 is 2.43 bits per heavy atom. The van der Waals surface area contributed by atoms with Crippen LogP contribution in [0.4, 0.5) is 0 Å². The van der Waals surface area contributed by atoms with E-state index < -0.39 is 10.0 Å². The summed E-state index contributed by atoms with van der Waals surface area (Å²) in [6, 6.07) is 3.82. The monoisotopic (exact) mass is 312 g/mol. The molecule has 1 fully saturated rings. The van der Waals surface area contributed by atoms with Crippen LogP contribution in [0.25, 0.3) is 0 Å². The lowest BCUT2D eigenvalue weighted by molar-refractivity contribution is 0.0206. The van der Waals surface area contributed by atoms with E-state index >= 15 is 0 Å². The lowest BCUT2D eigenvalue weighted by Crippen LogP contribution is -2.45. The smallest absolute Gasteiger partial charge is 0.243 e. The summed E-state index contributed by atoms with van der Waals surface area (Å²) in [6.07, 6.45) is -0.0930. The minimum absolute atomic E-state index is 0.0930. The third kappa shape index (κ3) is 3.63. The molecule has 1 unspecified atom stereocenters. The van der Waals surface area contributed by atoms with Crippen LogP contribution in [0.5, 0.6) is 0 Å². The highest BCUT2D eigenvalue weighted by atomic mass is 32.2. The molecule has 1 atom stereocenters. The molecule has 1 aromatic carbocycles. The number of likely N-dealkylation sites (N-methyl/N-ethyl adjacent to an activating group) is 1. The molecule has 0 aliphatic carbocycles. The van der Waals surface area contributed by atoms with Crippen molar-refractivity contribution in [1.29, 1.82) is 0 Å². The lowest BCUT2D eigenvalue weighted by Gasteiger charge is -2.28. The molecule has 118 valence electrons. The fourth-order valence-electron chi connectivity index (χ4n) is 2.85. The molecule has 6 heteroatoms. The van der Waals surface area contributed by atoms with Crippen molar-refractivity contribution in [3.63, 3.8) is 0 Å². The summed E-state index contributed by atoms with van der Waals surface area (Å²) in [7, 11) is -1.87. The Bertz CT molecular complexity index is 584. The van der Waals surface area contributed by atoms with Gasteiger partial charge in [0.1, 0.15) is 0 Å². The van der Waals surface area contributed by atoms with E-state index in [9.17, 15) is 8.42 Å². The summed E-state index contributed by atoms with van der Waals surface area (Å²) in [5, 5.41) is 3.22. The molecule has 1 aliphatic heterocycles. The van der Waals surface area contributed by atoms with E-state index in [0.29, 0.717) is 24.6 Å². The molecule has 1 N–H and O–H groups in total. The first-order chi connectivity index (χ1) is 9.82. The number of nitrogens with one attached hydrogen (secondary N) is 1. The standard InChI is InChI=1S/C15H24N2O3S/c1-11-7-12(2)15(13(3)8-11)21(18,19)17(4)10-14-9-16-5-6-20-14/h7-8,14,16H,5-6,9-10H2,1-4H3. The first-order valence-corrected chi connectivity index (χ1v) is 8.63. The summed E-state index contributed by atoms with van der Waals surface area (Å²) >= 11 is 0. The van der Waals surface area contributed by atoms with Crippen LogP contribution >= 0.6 is 0 Å². The molecule has 1 saturated heterocycles. The van der Waals surface area contributed by atoms with Crippen molar-refractivity contribution in [2.24, 2.45) is 0 Å². The van der Waals surface area contributed by atoms with E-state index in [1.54, 1.807) is 7.05 Å². The van der Waals surface area contributed by atoms with Gasteiger partial charge in [-0.3, -0.25) is 0 Å². The maximum atomic E-state index is 12.8. The molecule has 0 aromatic heterocycles. The minimum atomic E-state index is -3.49. The van der Waals surface area contributed by atoms with Gasteiger partial charge in [-0.25, -0.2) is 8.42 Å². The molecule has 1 aromatic rings. The van der Waals surface area contributed by atoms with E-state index in [1.807, 2.05) is 32.9 Å². The van der Waals surface area contributed by atoms with Gasteiger partial charge in [-0.1, -0.05) is 17.7 Å². The summed E-state index contributed by atoms with van der Waals surface area (Å²) in [6.45, 7) is 8.17. The quantitative estimate of drug-likeness (QED) is 0.908. The summed E-state index contributed by atoms with van der Waals surface area (Å²) in [5.41, 5.74) is 2.66. The average molecular weight is 312 g/mol. The zero-order valence-electron chi connectivity index (χ0n) is 13.1. The lowest BCUT2D eigenvalue weighted by atomic mass is 10.1. The van der Waals surface area contributed by atoms with E-state index in [4.69, 9.17) is 4.74 Å². The number of aryl methyl sites for hydroxylation is 3. The van der Waals surface area contributed by atoms with Crippen molar-refractivity contribution in [3.05, 3.63) is 28.8 Å². The maximum Gasteiger partial charge on any atom is 0.243 e. The van der Waals surface area contributed by atoms with Gasteiger partial charge in [0, 0.05) is 26.7 Å². The van der Waals surface area contributed by atoms with Gasteiger partial charge < -0.3 is 10.1 Å². The van der Waals surface area contributed by atoms with Crippen molar-refractivity contribution in [2.75, 3.05) is 33.3 Å². The molecular formula is C15H24N2O3S. The third-order valence-corrected chi connectivity index (χ3v) is 5.87. The van der Waals surface area contributed by atoms with E-state index in [2.05, 4.69) is 5.32 Å². The predicted molar refractivity (Wildman–Crippen MR) is 83.1 cm³/mol. The third-order valence-electron chi connectivity index (χ3n) is 3.74. The molecule has 0 radical (unpaired) electrons. The number of nitrogens with zero attached hydrogens (tertiary/aromatic N) is 1. The maximum absolute atomic E-state index is 12.8. The van der Waals surface area contributed by atoms with Gasteiger partial charge in [0.2, 0.25) is 10.0 Å². The van der Waals surface area contributed by atoms with Crippen molar-refractivity contribution in [3.8, 4) is 0 Å². The molecule has 5 nitrogen and oxygen atoms in total. The van der Waals surface area contributed by atoms with Crippen LogP contribution < -0.4 is 5.32 Å². The van der Waals surface area contributed by atoms with Gasteiger partial charge in [-0.15, -0.1) is 0 Å². The first kappa shape index (κ1) is 16.4. The highest BCUT2D eigenvalue weighted by Gasteiger charge is 2.28. The fraction of sp³-hybridized carbons (Fsp3) is 0.600. The van der Waals surface area contributed by atoms with E-state index in [0.717, 1.165) is 23.2 Å². The van der Waals surface area contributed by atoms with Crippen LogP contribution in [-0.2, 0) is 14.8 Å². The van der Waals surface area contributed by atoms with Gasteiger partial charge in [-0.2, -0.15) is 4.31 Å². The Kier molecular flexibility index (Phi) is 5.03. The Morgan fingerprint density at radius 1 is 1.29 bits per heavy atom. The molecule has 1 heterocycles. The molecule has 0 amide bonds. The highest BCUT2D eigenvalue weighted by Crippen LogP contribution is 2.24. The summed E-state index contributed by atoms with van der Waals surface area (Å²) in [5.74, 6) is 0. The molecule has 1 aliphatic rings. The second-order valence-corrected chi connectivity index (χ2v) is 7.69. The number of ether oxygens (including phenoxy) is 1. The number of benzene rings is 1. The van der Waals surface area contributed by atoms with Crippen LogP contribution in [0, 0.1) is 20.8 Å². The van der Waals surface area contributed by atoms with E-state index in [-0.39, 0.29) is 6.10 Å². The Morgan fingerprint density at radius 2 is 1.90 bits per heavy atom. The minimum Gasteiger partial charge on any atom is -0.374 e. The van der Waals surface area contributed by atoms with Crippen molar-refractivity contribution < 1.29 is 13.2 Å². The van der Waals surface area contributed by atoms with Gasteiger partial charge in [0.15, 0.2) is 0 Å². The second kappa shape index (κ2) is 6.44. The molecule has 2 rings (SSSR count). The van der Waals surface area contributed by atoms with Crippen molar-refractivity contribution in [1.82, 2.24) is 9.62 Å². The Labute approximate surface area is 127 Å². The predicted octanol–water partition coefficient (Wildman–Crippen LogP) is 1.22. The van der Waals surface area contributed by atoms with Crippen LogP contribution in [0.3, 0.4) is 0 Å². The summed E-state index contributed by atoms with van der Waals surface area (Å²) in [4.78, 5) is 0.416. The SMILES string of the molecule is Cc1cc(C)c(S(=O)(=O)N(C)CC2CNCCO2)c(C)c1. The van der Waals surface area contributed by atoms with Crippen molar-refractivity contribution >= 4 is 10.0 Å². The fourth-order valence-corrected chi connectivity index (χ4v) is 4.46. The summed E-state index contributed by atoms with van der Waals surface area (Å²) < 4.78 is 32.6. The van der Waals surface area contributed by atoms with Gasteiger partial charge in [0.25, 0.3) is 0 Å². The number of hydrogen-bond donors (Lipinski definition) is 1. The number of hydrogen-bond acceptors (Lipinski definition) is 4. The second-order valence-electron chi connectivity index (χ2n) is 5.71. The van der Waals surface area contributed by atoms with Gasteiger partial charge >= 0.3 is 0 Å². The highest BCUT2D eigenvalue weighted by molar-refractivity contribution is 7.89. The zero-order chi connectivity index (χ0) is 15.6. The Balaban J connectivity index is 2.24. The Hall–Kier alpha value is -0.950. The van der Waals surface area contributed by atoms with Crippen LogP contribution in [0.15, 0.2) is 17.0 Å². The number of sulfonamides is 1. The molecular weight excluding hydrogens is 288 g/mol. The first-order valence-electron chi connectivity index (χ1n) is 7.19. The zero-order valence-corrected chi connectivity index (χ0v) is 14.0. The largest absolute Gasteiger partial charge is 0.374 e. The van der Waals surface area contributed by atoms with Crippen LogP contribution in [0.1, 0.15) is 16.7 Å². The molecule has 0 spiro atoms. The van der Waals surface area contributed by atoms with Crippen molar-refractivity contribution in [2.45, 2.75) is 31.8 Å². The van der Waals surface area contributed by atoms with Gasteiger partial charge in [0.05, 0.1) is 17.6 Å². The van der Waals surface area contributed by atoms with Crippen LogP contribution in [-0.4, -0.2) is 52.1 Å². The van der Waals surface area contributed by atoms with Gasteiger partial charge in [-0.05, 0) is 31.9 Å². The average Bonchev–Trinajstić information content (AvgIpc) is 2.38. The number of morpholine rings is 1. The van der Waals surface area contributed by atoms with Crippen LogP contribution in [0.2, 0.25) is 0 Å². The van der Waals surface area contributed by atoms with E-state index in [1.165, 1.54) is 4.31 Å². The topological polar surface area (TPSA) is 58.6 Å². The normalized spacial score (nSPS) is 20.0. The molecule has 21 heavy (non-hydrogen) atoms. The number of rotatable bonds is 4. The molecule has 0 saturated carbocycles.